The molecule has 0 spiro atoms. The minimum atomic E-state index is -1.05. The van der Waals surface area contributed by atoms with Crippen LogP contribution in [0.4, 0.5) is 0 Å². The van der Waals surface area contributed by atoms with Crippen molar-refractivity contribution in [2.75, 3.05) is 39.4 Å². The molecule has 2 aliphatic rings. The molecule has 0 aliphatic carbocycles. The summed E-state index contributed by atoms with van der Waals surface area (Å²) in [7, 11) is 0. The van der Waals surface area contributed by atoms with Crippen LogP contribution in [0.1, 0.15) is 22.7 Å². The largest absolute Gasteiger partial charge is 0.476 e. The summed E-state index contributed by atoms with van der Waals surface area (Å²) < 4.78 is 10.4. The van der Waals surface area contributed by atoms with Crippen LogP contribution in [0, 0.1) is 0 Å². The number of rotatable bonds is 4. The first-order valence-electron chi connectivity index (χ1n) is 6.95. The predicted molar refractivity (Wildman–Crippen MR) is 69.5 cm³/mol. The predicted octanol–water partition coefficient (Wildman–Crippen LogP) is 0.279. The van der Waals surface area contributed by atoms with Gasteiger partial charge in [0.15, 0.2) is 11.5 Å². The number of morpholine rings is 1. The molecule has 2 saturated heterocycles. The van der Waals surface area contributed by atoms with Crippen molar-refractivity contribution in [3.05, 3.63) is 17.5 Å². The third-order valence-corrected chi connectivity index (χ3v) is 3.97. The fourth-order valence-corrected chi connectivity index (χ4v) is 2.91. The van der Waals surface area contributed by atoms with Gasteiger partial charge in [-0.05, 0) is 6.42 Å². The van der Waals surface area contributed by atoms with Crippen molar-refractivity contribution < 1.29 is 19.2 Å². The Morgan fingerprint density at radius 3 is 2.90 bits per heavy atom. The highest BCUT2D eigenvalue weighted by Gasteiger charge is 2.29. The summed E-state index contributed by atoms with van der Waals surface area (Å²) in [4.78, 5) is 15.5. The van der Waals surface area contributed by atoms with Crippen molar-refractivity contribution in [3.8, 4) is 0 Å². The van der Waals surface area contributed by atoms with Gasteiger partial charge in [0.1, 0.15) is 0 Å². The van der Waals surface area contributed by atoms with Crippen LogP contribution < -0.4 is 0 Å². The molecule has 1 aromatic heterocycles. The topological polar surface area (TPSA) is 79.0 Å². The van der Waals surface area contributed by atoms with Crippen LogP contribution in [0.15, 0.2) is 10.6 Å². The van der Waals surface area contributed by atoms with Gasteiger partial charge in [-0.25, -0.2) is 4.79 Å². The molecule has 1 aromatic rings. The Labute approximate surface area is 117 Å². The summed E-state index contributed by atoms with van der Waals surface area (Å²) in [6.45, 7) is 6.27. The van der Waals surface area contributed by atoms with Gasteiger partial charge in [-0.15, -0.1) is 0 Å². The molecule has 1 unspecified atom stereocenters. The van der Waals surface area contributed by atoms with Crippen molar-refractivity contribution in [2.45, 2.75) is 19.0 Å². The van der Waals surface area contributed by atoms with E-state index in [0.29, 0.717) is 18.3 Å². The Bertz CT molecular complexity index is 470. The number of aromatic nitrogens is 1. The average Bonchev–Trinajstić information content (AvgIpc) is 3.10. The summed E-state index contributed by atoms with van der Waals surface area (Å²) in [6.07, 6.45) is 1.14. The number of aromatic carboxylic acids is 1. The third kappa shape index (κ3) is 3.00. The van der Waals surface area contributed by atoms with Gasteiger partial charge >= 0.3 is 5.97 Å². The molecule has 0 saturated carbocycles. The first-order chi connectivity index (χ1) is 9.72. The number of hydrogen-bond acceptors (Lipinski definition) is 6. The summed E-state index contributed by atoms with van der Waals surface area (Å²) >= 11 is 0. The van der Waals surface area contributed by atoms with Gasteiger partial charge in [-0.2, -0.15) is 0 Å². The second kappa shape index (κ2) is 5.90. The van der Waals surface area contributed by atoms with Gasteiger partial charge in [-0.1, -0.05) is 5.16 Å². The van der Waals surface area contributed by atoms with Crippen LogP contribution in [-0.4, -0.2) is 71.5 Å². The van der Waals surface area contributed by atoms with E-state index in [1.165, 1.54) is 6.07 Å². The molecule has 7 nitrogen and oxygen atoms in total. The normalized spacial score (nSPS) is 25.1. The van der Waals surface area contributed by atoms with Crippen LogP contribution in [0.3, 0.4) is 0 Å². The Morgan fingerprint density at radius 1 is 1.40 bits per heavy atom. The maximum absolute atomic E-state index is 10.8. The quantitative estimate of drug-likeness (QED) is 0.849. The summed E-state index contributed by atoms with van der Waals surface area (Å²) in [6, 6.07) is 2.07. The highest BCUT2D eigenvalue weighted by Crippen LogP contribution is 2.19. The van der Waals surface area contributed by atoms with Gasteiger partial charge < -0.3 is 14.4 Å². The molecule has 0 aromatic carbocycles. The van der Waals surface area contributed by atoms with E-state index in [9.17, 15) is 4.79 Å². The van der Waals surface area contributed by atoms with E-state index in [2.05, 4.69) is 15.0 Å². The van der Waals surface area contributed by atoms with Crippen LogP contribution in [-0.2, 0) is 11.3 Å². The zero-order valence-electron chi connectivity index (χ0n) is 11.3. The lowest BCUT2D eigenvalue weighted by atomic mass is 10.2. The van der Waals surface area contributed by atoms with Gasteiger partial charge in [0, 0.05) is 38.3 Å². The van der Waals surface area contributed by atoms with E-state index in [1.54, 1.807) is 0 Å². The van der Waals surface area contributed by atoms with Crippen molar-refractivity contribution >= 4 is 5.97 Å². The minimum absolute atomic E-state index is 0.0241. The van der Waals surface area contributed by atoms with Crippen LogP contribution in [0.25, 0.3) is 0 Å². The van der Waals surface area contributed by atoms with Gasteiger partial charge in [0.2, 0.25) is 0 Å². The first-order valence-corrected chi connectivity index (χ1v) is 6.95. The van der Waals surface area contributed by atoms with E-state index in [1.807, 2.05) is 0 Å². The van der Waals surface area contributed by atoms with Crippen molar-refractivity contribution in [1.82, 2.24) is 15.0 Å². The number of hydrogen-bond donors (Lipinski definition) is 1. The molecule has 3 rings (SSSR count). The highest BCUT2D eigenvalue weighted by molar-refractivity contribution is 5.85. The lowest BCUT2D eigenvalue weighted by molar-refractivity contribution is 0.0182. The summed E-state index contributed by atoms with van der Waals surface area (Å²) in [5.41, 5.74) is -0.0241. The Balaban J connectivity index is 1.52. The molecule has 0 radical (unpaired) electrons. The number of ether oxygens (including phenoxy) is 1. The average molecular weight is 281 g/mol. The second-order valence-corrected chi connectivity index (χ2v) is 5.31. The van der Waals surface area contributed by atoms with Crippen LogP contribution in [0.2, 0.25) is 0 Å². The molecule has 1 N–H and O–H groups in total. The van der Waals surface area contributed by atoms with E-state index < -0.39 is 5.97 Å². The van der Waals surface area contributed by atoms with Crippen molar-refractivity contribution in [1.29, 1.82) is 0 Å². The number of carboxylic acid groups (broad SMARTS) is 1. The summed E-state index contributed by atoms with van der Waals surface area (Å²) in [5, 5.41) is 12.4. The fraction of sp³-hybridized carbons (Fsp3) is 0.692. The van der Waals surface area contributed by atoms with E-state index >= 15 is 0 Å². The smallest absolute Gasteiger partial charge is 0.358 e. The molecule has 0 amide bonds. The minimum Gasteiger partial charge on any atom is -0.476 e. The maximum atomic E-state index is 10.8. The van der Waals surface area contributed by atoms with Crippen molar-refractivity contribution in [3.63, 3.8) is 0 Å². The zero-order valence-corrected chi connectivity index (χ0v) is 11.3. The van der Waals surface area contributed by atoms with Crippen LogP contribution in [0.5, 0.6) is 0 Å². The Morgan fingerprint density at radius 2 is 2.20 bits per heavy atom. The molecular weight excluding hydrogens is 262 g/mol. The number of carbonyl (C=O) groups is 1. The van der Waals surface area contributed by atoms with Crippen LogP contribution >= 0.6 is 0 Å². The molecule has 20 heavy (non-hydrogen) atoms. The molecular formula is C13H19N3O4. The molecule has 2 fully saturated rings. The molecule has 2 aliphatic heterocycles. The highest BCUT2D eigenvalue weighted by atomic mass is 16.5. The molecule has 0 bridgehead atoms. The van der Waals surface area contributed by atoms with E-state index in [-0.39, 0.29) is 5.69 Å². The van der Waals surface area contributed by atoms with Crippen molar-refractivity contribution in [2.24, 2.45) is 0 Å². The fourth-order valence-electron chi connectivity index (χ4n) is 2.91. The number of likely N-dealkylation sites (tertiary alicyclic amines) is 1. The molecule has 3 heterocycles. The van der Waals surface area contributed by atoms with E-state index in [4.69, 9.17) is 14.4 Å². The Hall–Kier alpha value is -1.44. The zero-order chi connectivity index (χ0) is 13.9. The molecule has 110 valence electrons. The lowest BCUT2D eigenvalue weighted by Gasteiger charge is -2.32. The number of nitrogens with zero attached hydrogens (tertiary/aromatic N) is 3. The maximum Gasteiger partial charge on any atom is 0.358 e. The molecule has 1 atom stereocenters. The molecule has 7 heteroatoms. The van der Waals surface area contributed by atoms with E-state index in [0.717, 1.165) is 45.8 Å². The second-order valence-electron chi connectivity index (χ2n) is 5.31. The van der Waals surface area contributed by atoms with Gasteiger partial charge in [0.25, 0.3) is 0 Å². The summed E-state index contributed by atoms with van der Waals surface area (Å²) in [5.74, 6) is -0.433. The lowest BCUT2D eigenvalue weighted by Crippen LogP contribution is -2.44. The number of carboxylic acids is 1. The third-order valence-electron chi connectivity index (χ3n) is 3.97. The standard InChI is InChI=1S/C13H19N3O4/c17-13(18)12-7-11(20-14-12)9-15-2-1-10(8-15)16-3-5-19-6-4-16/h7,10H,1-6,8-9H2,(H,17,18). The van der Waals surface area contributed by atoms with Gasteiger partial charge in [-0.3, -0.25) is 9.80 Å². The Kier molecular flexibility index (Phi) is 4.00. The van der Waals surface area contributed by atoms with Gasteiger partial charge in [0.05, 0.1) is 19.8 Å². The first kappa shape index (κ1) is 13.5. The monoisotopic (exact) mass is 281 g/mol. The SMILES string of the molecule is O=C(O)c1cc(CN2CCC(N3CCOCC3)C2)on1.